The summed E-state index contributed by atoms with van der Waals surface area (Å²) in [6.07, 6.45) is 22.5. The van der Waals surface area contributed by atoms with E-state index in [9.17, 15) is 33.7 Å². The van der Waals surface area contributed by atoms with Crippen LogP contribution in [0.2, 0.25) is 0 Å². The maximum Gasteiger partial charge on any atom is 0.212 e. The van der Waals surface area contributed by atoms with Crippen molar-refractivity contribution in [2.75, 3.05) is 0 Å². The highest BCUT2D eigenvalue weighted by Crippen LogP contribution is 2.39. The van der Waals surface area contributed by atoms with E-state index in [-0.39, 0.29) is 68.3 Å². The summed E-state index contributed by atoms with van der Waals surface area (Å²) in [6.45, 7) is 22.3. The lowest BCUT2D eigenvalue weighted by atomic mass is 9.78. The summed E-state index contributed by atoms with van der Waals surface area (Å²) < 4.78 is 91.4. The molecule has 0 heterocycles. The van der Waals surface area contributed by atoms with Crippen molar-refractivity contribution in [3.05, 3.63) is 50.6 Å². The van der Waals surface area contributed by atoms with Crippen molar-refractivity contribution in [2.45, 2.75) is 151 Å². The van der Waals surface area contributed by atoms with Crippen molar-refractivity contribution in [2.24, 2.45) is 67.9 Å². The first-order valence-electron chi connectivity index (χ1n) is 20.4. The Labute approximate surface area is 342 Å². The van der Waals surface area contributed by atoms with E-state index in [2.05, 4.69) is 26.3 Å². The minimum atomic E-state index is -3.39. The summed E-state index contributed by atoms with van der Waals surface area (Å²) in [5.74, 6) is 1.47. The van der Waals surface area contributed by atoms with Gasteiger partial charge in [0.25, 0.3) is 0 Å². The van der Waals surface area contributed by atoms with Gasteiger partial charge in [0.2, 0.25) is 40.1 Å². The maximum atomic E-state index is 11.4. The summed E-state index contributed by atoms with van der Waals surface area (Å²) in [5, 5.41) is 19.6. The first-order chi connectivity index (χ1) is 25.9. The molecule has 4 aliphatic carbocycles. The zero-order valence-electron chi connectivity index (χ0n) is 34.6. The molecule has 4 fully saturated rings. The molecule has 0 aromatic carbocycles. The van der Waals surface area contributed by atoms with Gasteiger partial charge < -0.3 is 0 Å². The van der Waals surface area contributed by atoms with Gasteiger partial charge in [0, 0.05) is 0 Å². The van der Waals surface area contributed by atoms with Crippen LogP contribution in [0.3, 0.4) is 0 Å². The van der Waals surface area contributed by atoms with E-state index in [1.165, 1.54) is 0 Å². The number of primary sulfonamides is 4. The monoisotopic (exact) mass is 868 g/mol. The molecule has 8 N–H and O–H groups in total. The van der Waals surface area contributed by atoms with Crippen LogP contribution in [-0.2, 0) is 40.1 Å². The maximum absolute atomic E-state index is 11.4. The largest absolute Gasteiger partial charge is 0.228 e. The van der Waals surface area contributed by atoms with Crippen LogP contribution in [0.5, 0.6) is 0 Å². The van der Waals surface area contributed by atoms with Crippen molar-refractivity contribution >= 4 is 40.1 Å². The standard InChI is InChI=1S/4C10H19NO2S/c4*1-3-5-8(2)10(14(11,12)13)9-6-4-7-9/h4*3,8-10H,1,4-7H2,2H3,(H2,11,12,13)/t2*8-,10+;2*8-,10-/m1010/s1. The smallest absolute Gasteiger partial charge is 0.212 e. The fourth-order valence-corrected chi connectivity index (χ4v) is 15.2. The molecule has 0 aliphatic heterocycles. The molecule has 0 bridgehead atoms. The van der Waals surface area contributed by atoms with E-state index >= 15 is 0 Å². The summed E-state index contributed by atoms with van der Waals surface area (Å²) in [4.78, 5) is 0. The molecule has 0 saturated heterocycles. The molecule has 0 unspecified atom stereocenters. The second kappa shape index (κ2) is 24.0. The van der Waals surface area contributed by atoms with Crippen LogP contribution in [-0.4, -0.2) is 54.7 Å². The number of nitrogens with two attached hydrogens (primary N) is 4. The molecule has 0 aromatic rings. The second-order valence-corrected chi connectivity index (χ2v) is 23.9. The van der Waals surface area contributed by atoms with E-state index in [0.29, 0.717) is 0 Å². The lowest BCUT2D eigenvalue weighted by molar-refractivity contribution is 0.259. The van der Waals surface area contributed by atoms with Gasteiger partial charge in [0.1, 0.15) is 0 Å². The third-order valence-corrected chi connectivity index (χ3v) is 18.8. The lowest BCUT2D eigenvalue weighted by Crippen LogP contribution is -2.42. The number of rotatable bonds is 20. The zero-order chi connectivity index (χ0) is 43.1. The van der Waals surface area contributed by atoms with E-state index in [1.54, 1.807) is 24.3 Å². The van der Waals surface area contributed by atoms with E-state index < -0.39 is 40.1 Å². The van der Waals surface area contributed by atoms with Crippen LogP contribution in [0.25, 0.3) is 0 Å². The van der Waals surface area contributed by atoms with Gasteiger partial charge in [-0.05, 0) is 124 Å². The van der Waals surface area contributed by atoms with Crippen LogP contribution < -0.4 is 20.6 Å². The van der Waals surface area contributed by atoms with Crippen LogP contribution >= 0.6 is 0 Å². The quantitative estimate of drug-likeness (QED) is 0.0967. The van der Waals surface area contributed by atoms with Gasteiger partial charge in [-0.3, -0.25) is 0 Å². The van der Waals surface area contributed by atoms with Gasteiger partial charge in [-0.1, -0.05) is 77.7 Å². The summed E-state index contributed by atoms with van der Waals surface area (Å²) >= 11 is 0. The van der Waals surface area contributed by atoms with Crippen LogP contribution in [0.4, 0.5) is 0 Å². The highest BCUT2D eigenvalue weighted by molar-refractivity contribution is 7.90. The predicted octanol–water partition coefficient (Wildman–Crippen LogP) is 6.62. The van der Waals surface area contributed by atoms with Gasteiger partial charge in [-0.2, -0.15) is 0 Å². The molecule has 8 atom stereocenters. The van der Waals surface area contributed by atoms with Crippen molar-refractivity contribution < 1.29 is 33.7 Å². The highest BCUT2D eigenvalue weighted by Gasteiger charge is 2.41. The molecule has 0 aromatic heterocycles. The van der Waals surface area contributed by atoms with Crippen LogP contribution in [0.15, 0.2) is 50.6 Å². The summed E-state index contributed by atoms with van der Waals surface area (Å²) in [7, 11) is -13.6. The third-order valence-electron chi connectivity index (χ3n) is 12.4. The van der Waals surface area contributed by atoms with Crippen molar-refractivity contribution in [3.63, 3.8) is 0 Å². The van der Waals surface area contributed by atoms with Gasteiger partial charge in [0.15, 0.2) is 0 Å². The molecular formula is C40H76N4O8S4. The molecule has 0 radical (unpaired) electrons. The Hall–Kier alpha value is -1.40. The topological polar surface area (TPSA) is 241 Å². The molecule has 4 saturated carbocycles. The van der Waals surface area contributed by atoms with Gasteiger partial charge in [-0.15, -0.1) is 26.3 Å². The molecule has 0 amide bonds. The highest BCUT2D eigenvalue weighted by atomic mass is 32.2. The Bertz CT molecular complexity index is 1420. The Morgan fingerprint density at radius 3 is 0.607 bits per heavy atom. The minimum absolute atomic E-state index is 0.0906. The predicted molar refractivity (Wildman–Crippen MR) is 233 cm³/mol. The third kappa shape index (κ3) is 17.1. The minimum Gasteiger partial charge on any atom is -0.228 e. The normalized spacial score (nSPS) is 22.4. The number of hydrogen-bond acceptors (Lipinski definition) is 8. The van der Waals surface area contributed by atoms with Crippen molar-refractivity contribution in [1.29, 1.82) is 0 Å². The van der Waals surface area contributed by atoms with Gasteiger partial charge in [0.05, 0.1) is 21.0 Å². The molecule has 4 rings (SSSR count). The fourth-order valence-electron chi connectivity index (χ4n) is 8.89. The molecule has 12 nitrogen and oxygen atoms in total. The average molecular weight is 869 g/mol. The number of sulfonamides is 4. The molecule has 328 valence electrons. The summed E-state index contributed by atoms with van der Waals surface area (Å²) in [5.41, 5.74) is 0. The van der Waals surface area contributed by atoms with Crippen LogP contribution in [0.1, 0.15) is 130 Å². The molecular weight excluding hydrogens is 793 g/mol. The average Bonchev–Trinajstić information content (AvgIpc) is 2.95. The van der Waals surface area contributed by atoms with Crippen molar-refractivity contribution in [3.8, 4) is 0 Å². The first-order valence-corrected chi connectivity index (χ1v) is 26.8. The fraction of sp³-hybridized carbons (Fsp3) is 0.800. The van der Waals surface area contributed by atoms with E-state index in [4.69, 9.17) is 20.6 Å². The van der Waals surface area contributed by atoms with Crippen LogP contribution in [0, 0.1) is 47.3 Å². The number of hydrogen-bond donors (Lipinski definition) is 4. The SMILES string of the molecule is C=CC[C@@H](C)[C@@H](C1CCC1)S(N)(=O)=O.C=CC[C@@H](C)[C@H](C1CCC1)S(N)(=O)=O.C=CC[C@H](C)[C@@H](C1CCC1)S(N)(=O)=O.C=CC[C@H](C)[C@H](C1CCC1)S(N)(=O)=O. The molecule has 4 aliphatic rings. The summed E-state index contributed by atoms with van der Waals surface area (Å²) in [6, 6.07) is 0. The number of allylic oxidation sites excluding steroid dienone is 4. The Morgan fingerprint density at radius 1 is 0.393 bits per heavy atom. The molecule has 16 heteroatoms. The Kier molecular flexibility index (Phi) is 22.6. The Balaban J connectivity index is 0.000000373. The first kappa shape index (κ1) is 52.6. The van der Waals surface area contributed by atoms with Crippen molar-refractivity contribution in [1.82, 2.24) is 0 Å². The second-order valence-electron chi connectivity index (χ2n) is 17.0. The Morgan fingerprint density at radius 2 is 0.536 bits per heavy atom. The molecule has 0 spiro atoms. The van der Waals surface area contributed by atoms with Gasteiger partial charge in [-0.25, -0.2) is 54.2 Å². The molecule has 56 heavy (non-hydrogen) atoms. The van der Waals surface area contributed by atoms with Gasteiger partial charge >= 0.3 is 0 Å². The van der Waals surface area contributed by atoms with E-state index in [0.717, 1.165) is 103 Å². The zero-order valence-corrected chi connectivity index (χ0v) is 37.9. The lowest BCUT2D eigenvalue weighted by Gasteiger charge is -2.35. The van der Waals surface area contributed by atoms with E-state index in [1.807, 2.05) is 27.7 Å².